The summed E-state index contributed by atoms with van der Waals surface area (Å²) in [7, 11) is -2.17. The van der Waals surface area contributed by atoms with Crippen LogP contribution in [0.4, 0.5) is 4.79 Å². The predicted octanol–water partition coefficient (Wildman–Crippen LogP) is 1.59. The number of hydrogen-bond acceptors (Lipinski definition) is 7. The van der Waals surface area contributed by atoms with E-state index in [2.05, 4.69) is 0 Å². The fourth-order valence-corrected chi connectivity index (χ4v) is 5.26. The van der Waals surface area contributed by atoms with Crippen molar-refractivity contribution in [2.75, 3.05) is 26.6 Å². The van der Waals surface area contributed by atoms with Crippen LogP contribution >= 0.6 is 0 Å². The van der Waals surface area contributed by atoms with E-state index in [1.165, 1.54) is 9.21 Å². The van der Waals surface area contributed by atoms with Crippen LogP contribution in [0.1, 0.15) is 17.5 Å². The molecule has 9 nitrogen and oxygen atoms in total. The molecule has 33 heavy (non-hydrogen) atoms. The van der Waals surface area contributed by atoms with Gasteiger partial charge in [-0.2, -0.15) is 4.31 Å². The van der Waals surface area contributed by atoms with Gasteiger partial charge in [0.1, 0.15) is 12.4 Å². The number of likely N-dealkylation sites (tertiary alicyclic amines) is 1. The molecule has 180 valence electrons. The van der Waals surface area contributed by atoms with Crippen molar-refractivity contribution in [2.24, 2.45) is 0 Å². The average Bonchev–Trinajstić information content (AvgIpc) is 3.19. The fourth-order valence-electron chi connectivity index (χ4n) is 4.16. The Morgan fingerprint density at radius 3 is 2.27 bits per heavy atom. The highest BCUT2D eigenvalue weighted by Gasteiger charge is 2.48. The second-order valence-corrected chi connectivity index (χ2v) is 9.93. The van der Waals surface area contributed by atoms with Crippen LogP contribution in [0.2, 0.25) is 0 Å². The molecule has 10 heteroatoms. The highest BCUT2D eigenvalue weighted by atomic mass is 32.2. The first-order valence-corrected chi connectivity index (χ1v) is 12.4. The molecule has 1 saturated heterocycles. The number of methoxy groups -OCH3 is 1. The minimum atomic E-state index is -3.71. The van der Waals surface area contributed by atoms with Crippen molar-refractivity contribution in [3.8, 4) is 5.75 Å². The number of aliphatic hydroxyl groups excluding tert-OH is 2. The number of nitrogens with zero attached hydrogens (tertiary/aromatic N) is 2. The molecule has 2 unspecified atom stereocenters. The van der Waals surface area contributed by atoms with Gasteiger partial charge in [-0.15, -0.1) is 0 Å². The van der Waals surface area contributed by atoms with E-state index < -0.39 is 40.8 Å². The first-order chi connectivity index (χ1) is 15.8. The molecule has 2 N–H and O–H groups in total. The van der Waals surface area contributed by atoms with E-state index >= 15 is 0 Å². The third-order valence-electron chi connectivity index (χ3n) is 5.82. The topological polar surface area (TPSA) is 117 Å². The van der Waals surface area contributed by atoms with Crippen LogP contribution in [0.3, 0.4) is 0 Å². The number of amides is 1. The van der Waals surface area contributed by atoms with E-state index in [0.717, 1.165) is 17.4 Å². The molecule has 0 radical (unpaired) electrons. The van der Waals surface area contributed by atoms with Gasteiger partial charge in [-0.1, -0.05) is 42.5 Å². The summed E-state index contributed by atoms with van der Waals surface area (Å²) in [6, 6.07) is 13.8. The van der Waals surface area contributed by atoms with Gasteiger partial charge in [-0.25, -0.2) is 13.2 Å². The quantitative estimate of drug-likeness (QED) is 0.562. The summed E-state index contributed by atoms with van der Waals surface area (Å²) in [6.07, 6.45) is 0.554. The number of carbonyl (C=O) groups excluding carboxylic acids is 1. The van der Waals surface area contributed by atoms with Gasteiger partial charge in [-0.3, -0.25) is 4.90 Å². The van der Waals surface area contributed by atoms with Crippen LogP contribution in [-0.4, -0.2) is 78.6 Å². The zero-order chi connectivity index (χ0) is 24.0. The molecular weight excluding hydrogens is 448 g/mol. The molecule has 1 aliphatic heterocycles. The van der Waals surface area contributed by atoms with Crippen molar-refractivity contribution in [1.29, 1.82) is 0 Å². The van der Waals surface area contributed by atoms with Gasteiger partial charge in [0, 0.05) is 6.54 Å². The minimum absolute atomic E-state index is 0.0266. The highest BCUT2D eigenvalue weighted by molar-refractivity contribution is 7.88. The van der Waals surface area contributed by atoms with Gasteiger partial charge < -0.3 is 19.7 Å². The van der Waals surface area contributed by atoms with Gasteiger partial charge in [0.2, 0.25) is 10.0 Å². The zero-order valence-corrected chi connectivity index (χ0v) is 19.5. The Morgan fingerprint density at radius 2 is 1.73 bits per heavy atom. The number of rotatable bonds is 9. The number of hydrogen-bond donors (Lipinski definition) is 2. The summed E-state index contributed by atoms with van der Waals surface area (Å²) in [6.45, 7) is -0.780. The van der Waals surface area contributed by atoms with Gasteiger partial charge in [-0.05, 0) is 29.7 Å². The molecule has 1 heterocycles. The molecule has 1 aliphatic rings. The van der Waals surface area contributed by atoms with E-state index in [0.29, 0.717) is 5.75 Å². The van der Waals surface area contributed by atoms with Crippen LogP contribution < -0.4 is 4.74 Å². The Bertz CT molecular complexity index is 1010. The van der Waals surface area contributed by atoms with E-state index in [1.54, 1.807) is 31.4 Å². The number of carbonyl (C=O) groups is 1. The van der Waals surface area contributed by atoms with Gasteiger partial charge in [0.15, 0.2) is 0 Å². The lowest BCUT2D eigenvalue weighted by Gasteiger charge is -2.33. The van der Waals surface area contributed by atoms with Gasteiger partial charge in [0.05, 0.1) is 44.7 Å². The van der Waals surface area contributed by atoms with Crippen LogP contribution in [0.15, 0.2) is 54.6 Å². The molecule has 0 bridgehead atoms. The Hall–Kier alpha value is -2.66. The molecule has 0 aromatic heterocycles. The molecule has 1 fully saturated rings. The number of ether oxygens (including phenoxy) is 2. The van der Waals surface area contributed by atoms with Crippen molar-refractivity contribution in [3.05, 3.63) is 65.7 Å². The first kappa shape index (κ1) is 25.0. The lowest BCUT2D eigenvalue weighted by atomic mass is 10.1. The molecular formula is C23H30N2O7S. The maximum absolute atomic E-state index is 12.9. The lowest BCUT2D eigenvalue weighted by Crippen LogP contribution is -2.51. The van der Waals surface area contributed by atoms with Crippen molar-refractivity contribution >= 4 is 16.1 Å². The minimum Gasteiger partial charge on any atom is -0.497 e. The summed E-state index contributed by atoms with van der Waals surface area (Å²) in [5.41, 5.74) is 1.52. The normalized spacial score (nSPS) is 20.8. The monoisotopic (exact) mass is 478 g/mol. The standard InChI is InChI=1S/C23H30N2O7S/c1-31-20-10-8-17(9-11-20)13-24(33(2,29)30)21-12-19(14-26)25(22(21)15-27)23(28)32-16-18-6-4-3-5-7-18/h3-11,19,21-22,26-27H,12-16H2,1-2H3/t19-,21?,22?/m0/s1. The van der Waals surface area contributed by atoms with Crippen molar-refractivity contribution in [1.82, 2.24) is 9.21 Å². The van der Waals surface area contributed by atoms with Crippen molar-refractivity contribution < 1.29 is 32.9 Å². The summed E-state index contributed by atoms with van der Waals surface area (Å²) in [5, 5.41) is 20.1. The number of sulfonamides is 1. The highest BCUT2D eigenvalue weighted by Crippen LogP contribution is 2.32. The first-order valence-electron chi connectivity index (χ1n) is 10.6. The zero-order valence-electron chi connectivity index (χ0n) is 18.7. The average molecular weight is 479 g/mol. The maximum Gasteiger partial charge on any atom is 0.410 e. The van der Waals surface area contributed by atoms with E-state index in [4.69, 9.17) is 9.47 Å². The maximum atomic E-state index is 12.9. The van der Waals surface area contributed by atoms with E-state index in [9.17, 15) is 23.4 Å². The Labute approximate surface area is 194 Å². The van der Waals surface area contributed by atoms with Crippen molar-refractivity contribution in [2.45, 2.75) is 37.7 Å². The molecule has 3 rings (SSSR count). The van der Waals surface area contributed by atoms with Gasteiger partial charge >= 0.3 is 6.09 Å². The number of benzene rings is 2. The Morgan fingerprint density at radius 1 is 1.06 bits per heavy atom. The van der Waals surface area contributed by atoms with Crippen LogP contribution in [-0.2, 0) is 27.9 Å². The second kappa shape index (κ2) is 11.0. The molecule has 3 atom stereocenters. The Balaban J connectivity index is 1.82. The van der Waals surface area contributed by atoms with Crippen LogP contribution in [0.5, 0.6) is 5.75 Å². The summed E-state index contributed by atoms with van der Waals surface area (Å²) in [5.74, 6) is 0.645. The molecule has 0 saturated carbocycles. The largest absolute Gasteiger partial charge is 0.497 e. The summed E-state index contributed by atoms with van der Waals surface area (Å²) in [4.78, 5) is 14.2. The van der Waals surface area contributed by atoms with Crippen LogP contribution in [0, 0.1) is 0 Å². The molecule has 0 aliphatic carbocycles. The van der Waals surface area contributed by atoms with Gasteiger partial charge in [0.25, 0.3) is 0 Å². The number of aliphatic hydroxyl groups is 2. The smallest absolute Gasteiger partial charge is 0.410 e. The molecule has 0 spiro atoms. The van der Waals surface area contributed by atoms with Crippen molar-refractivity contribution in [3.63, 3.8) is 0 Å². The summed E-state index contributed by atoms with van der Waals surface area (Å²) < 4.78 is 37.3. The predicted molar refractivity (Wildman–Crippen MR) is 122 cm³/mol. The lowest BCUT2D eigenvalue weighted by molar-refractivity contribution is 0.0469. The molecule has 2 aromatic carbocycles. The SMILES string of the molecule is COc1ccc(CN(C2C[C@@H](CO)N(C(=O)OCc3ccccc3)C2CO)S(C)(=O)=O)cc1. The van der Waals surface area contributed by atoms with E-state index in [-0.39, 0.29) is 26.2 Å². The third-order valence-corrected chi connectivity index (χ3v) is 7.07. The summed E-state index contributed by atoms with van der Waals surface area (Å²) >= 11 is 0. The van der Waals surface area contributed by atoms with Crippen LogP contribution in [0.25, 0.3) is 0 Å². The van der Waals surface area contributed by atoms with E-state index in [1.807, 2.05) is 30.3 Å². The second-order valence-electron chi connectivity index (χ2n) is 7.99. The molecule has 1 amide bonds. The molecule has 2 aromatic rings. The fraction of sp³-hybridized carbons (Fsp3) is 0.435. The Kier molecular flexibility index (Phi) is 8.30. The third kappa shape index (κ3) is 6.02.